The predicted octanol–water partition coefficient (Wildman–Crippen LogP) is 1.94. The van der Waals surface area contributed by atoms with Gasteiger partial charge in [-0.05, 0) is 32.9 Å². The lowest BCUT2D eigenvalue weighted by Gasteiger charge is -2.20. The van der Waals surface area contributed by atoms with Gasteiger partial charge in [0.15, 0.2) is 0 Å². The molecule has 0 saturated heterocycles. The van der Waals surface area contributed by atoms with Gasteiger partial charge in [-0.1, -0.05) is 22.9 Å². The maximum Gasteiger partial charge on any atom is 0.132 e. The highest BCUT2D eigenvalue weighted by Gasteiger charge is 2.20. The van der Waals surface area contributed by atoms with Crippen LogP contribution in [0.1, 0.15) is 19.4 Å². The number of ether oxygens (including phenoxy) is 1. The fourth-order valence-corrected chi connectivity index (χ4v) is 1.13. The number of aryl methyl sites for hydroxylation is 1. The van der Waals surface area contributed by atoms with Crippen molar-refractivity contribution in [3.05, 3.63) is 29.8 Å². The first-order valence-corrected chi connectivity index (χ1v) is 5.13. The summed E-state index contributed by atoms with van der Waals surface area (Å²) in [6.07, 6.45) is 0. The summed E-state index contributed by atoms with van der Waals surface area (Å²) in [6.45, 7) is 5.72. The van der Waals surface area contributed by atoms with Crippen molar-refractivity contribution in [3.8, 4) is 5.75 Å². The summed E-state index contributed by atoms with van der Waals surface area (Å²) in [4.78, 5) is 0. The van der Waals surface area contributed by atoms with Crippen molar-refractivity contribution < 1.29 is 9.94 Å². The van der Waals surface area contributed by atoms with Gasteiger partial charge in [0, 0.05) is 0 Å². The second kappa shape index (κ2) is 4.99. The average molecular weight is 222 g/mol. The van der Waals surface area contributed by atoms with Crippen molar-refractivity contribution in [2.24, 2.45) is 10.9 Å². The molecule has 0 aliphatic rings. The summed E-state index contributed by atoms with van der Waals surface area (Å²) in [5.41, 5.74) is 6.71. The Morgan fingerprint density at radius 1 is 1.38 bits per heavy atom. The van der Waals surface area contributed by atoms with E-state index in [0.717, 1.165) is 5.75 Å². The van der Waals surface area contributed by atoms with E-state index >= 15 is 0 Å². The SMILES string of the molecule is Cc1ccc(OCC(=NO)C(C)(C)N)cc1. The number of nitrogens with two attached hydrogens (primary N) is 1. The molecule has 0 aliphatic carbocycles. The number of hydrogen-bond donors (Lipinski definition) is 2. The Kier molecular flexibility index (Phi) is 3.90. The summed E-state index contributed by atoms with van der Waals surface area (Å²) < 4.78 is 5.47. The van der Waals surface area contributed by atoms with Crippen LogP contribution < -0.4 is 10.5 Å². The molecular weight excluding hydrogens is 204 g/mol. The standard InChI is InChI=1S/C12H18N2O2/c1-9-4-6-10(7-5-9)16-8-11(14-15)12(2,3)13/h4-7,15H,8,13H2,1-3H3. The fourth-order valence-electron chi connectivity index (χ4n) is 1.13. The minimum absolute atomic E-state index is 0.184. The summed E-state index contributed by atoms with van der Waals surface area (Å²) in [5.74, 6) is 0.732. The van der Waals surface area contributed by atoms with Crippen molar-refractivity contribution in [2.45, 2.75) is 26.3 Å². The van der Waals surface area contributed by atoms with Crippen molar-refractivity contribution in [1.29, 1.82) is 0 Å². The van der Waals surface area contributed by atoms with Crippen LogP contribution in [0.25, 0.3) is 0 Å². The van der Waals surface area contributed by atoms with E-state index in [2.05, 4.69) is 5.16 Å². The lowest BCUT2D eigenvalue weighted by molar-refractivity contribution is 0.299. The Labute approximate surface area is 95.7 Å². The molecule has 1 aromatic rings. The zero-order valence-electron chi connectivity index (χ0n) is 9.90. The lowest BCUT2D eigenvalue weighted by Crippen LogP contribution is -2.44. The van der Waals surface area contributed by atoms with E-state index < -0.39 is 5.54 Å². The topological polar surface area (TPSA) is 67.8 Å². The van der Waals surface area contributed by atoms with Gasteiger partial charge in [-0.25, -0.2) is 0 Å². The minimum atomic E-state index is -0.681. The molecule has 0 amide bonds. The average Bonchev–Trinajstić information content (AvgIpc) is 2.19. The first-order valence-electron chi connectivity index (χ1n) is 5.13. The Hall–Kier alpha value is -1.55. The number of hydrogen-bond acceptors (Lipinski definition) is 4. The summed E-state index contributed by atoms with van der Waals surface area (Å²) >= 11 is 0. The molecule has 0 heterocycles. The van der Waals surface area contributed by atoms with E-state index in [9.17, 15) is 0 Å². The minimum Gasteiger partial charge on any atom is -0.487 e. The first kappa shape index (κ1) is 12.5. The molecule has 88 valence electrons. The molecule has 1 rings (SSSR count). The Morgan fingerprint density at radius 2 is 1.94 bits per heavy atom. The van der Waals surface area contributed by atoms with Gasteiger partial charge < -0.3 is 15.7 Å². The number of rotatable bonds is 4. The van der Waals surface area contributed by atoms with E-state index in [1.807, 2.05) is 31.2 Å². The van der Waals surface area contributed by atoms with E-state index in [1.165, 1.54) is 5.56 Å². The smallest absolute Gasteiger partial charge is 0.132 e. The van der Waals surface area contributed by atoms with Crippen LogP contribution in [0.5, 0.6) is 5.75 Å². The maximum absolute atomic E-state index is 8.81. The van der Waals surface area contributed by atoms with Crippen LogP contribution in [0.4, 0.5) is 0 Å². The van der Waals surface area contributed by atoms with Gasteiger partial charge in [0.25, 0.3) is 0 Å². The molecule has 0 fully saturated rings. The molecule has 0 unspecified atom stereocenters. The zero-order chi connectivity index (χ0) is 12.2. The summed E-state index contributed by atoms with van der Waals surface area (Å²) in [6, 6.07) is 7.65. The van der Waals surface area contributed by atoms with Gasteiger partial charge in [-0.2, -0.15) is 0 Å². The quantitative estimate of drug-likeness (QED) is 0.465. The second-order valence-corrected chi connectivity index (χ2v) is 4.37. The number of oxime groups is 1. The molecule has 0 radical (unpaired) electrons. The summed E-state index contributed by atoms with van der Waals surface area (Å²) in [5, 5.41) is 12.0. The van der Waals surface area contributed by atoms with E-state index in [1.54, 1.807) is 13.8 Å². The Balaban J connectivity index is 2.61. The molecule has 4 heteroatoms. The monoisotopic (exact) mass is 222 g/mol. The lowest BCUT2D eigenvalue weighted by atomic mass is 10.0. The van der Waals surface area contributed by atoms with Gasteiger partial charge in [0.2, 0.25) is 0 Å². The molecular formula is C12H18N2O2. The van der Waals surface area contributed by atoms with Gasteiger partial charge in [-0.3, -0.25) is 0 Å². The molecule has 0 atom stereocenters. The third kappa shape index (κ3) is 3.55. The highest BCUT2D eigenvalue weighted by atomic mass is 16.5. The van der Waals surface area contributed by atoms with E-state index in [4.69, 9.17) is 15.7 Å². The molecule has 16 heavy (non-hydrogen) atoms. The van der Waals surface area contributed by atoms with Crippen LogP contribution in [0.2, 0.25) is 0 Å². The van der Waals surface area contributed by atoms with Gasteiger partial charge in [0.1, 0.15) is 18.1 Å². The second-order valence-electron chi connectivity index (χ2n) is 4.37. The molecule has 0 saturated carbocycles. The van der Waals surface area contributed by atoms with Gasteiger partial charge >= 0.3 is 0 Å². The molecule has 3 N–H and O–H groups in total. The van der Waals surface area contributed by atoms with Gasteiger partial charge in [-0.15, -0.1) is 0 Å². The summed E-state index contributed by atoms with van der Waals surface area (Å²) in [7, 11) is 0. The Bertz CT molecular complexity index is 364. The zero-order valence-corrected chi connectivity index (χ0v) is 9.90. The number of nitrogens with zero attached hydrogens (tertiary/aromatic N) is 1. The normalized spacial score (nSPS) is 12.6. The molecule has 0 aromatic heterocycles. The highest BCUT2D eigenvalue weighted by molar-refractivity contribution is 5.93. The highest BCUT2D eigenvalue weighted by Crippen LogP contribution is 2.12. The maximum atomic E-state index is 8.81. The molecule has 0 aliphatic heterocycles. The van der Waals surface area contributed by atoms with Crippen LogP contribution in [0.15, 0.2) is 29.4 Å². The predicted molar refractivity (Wildman–Crippen MR) is 64.2 cm³/mol. The molecule has 4 nitrogen and oxygen atoms in total. The third-order valence-corrected chi connectivity index (χ3v) is 2.26. The van der Waals surface area contributed by atoms with Gasteiger partial charge in [0.05, 0.1) is 5.54 Å². The fraction of sp³-hybridized carbons (Fsp3) is 0.417. The first-order chi connectivity index (χ1) is 7.43. The van der Waals surface area contributed by atoms with Crippen LogP contribution >= 0.6 is 0 Å². The molecule has 0 bridgehead atoms. The van der Waals surface area contributed by atoms with Crippen LogP contribution in [0, 0.1) is 6.92 Å². The van der Waals surface area contributed by atoms with Crippen molar-refractivity contribution in [2.75, 3.05) is 6.61 Å². The van der Waals surface area contributed by atoms with Crippen LogP contribution in [-0.2, 0) is 0 Å². The van der Waals surface area contributed by atoms with E-state index in [0.29, 0.717) is 5.71 Å². The largest absolute Gasteiger partial charge is 0.487 e. The third-order valence-electron chi connectivity index (χ3n) is 2.26. The van der Waals surface area contributed by atoms with Crippen LogP contribution in [0.3, 0.4) is 0 Å². The van der Waals surface area contributed by atoms with Crippen LogP contribution in [-0.4, -0.2) is 23.1 Å². The van der Waals surface area contributed by atoms with E-state index in [-0.39, 0.29) is 6.61 Å². The number of benzene rings is 1. The molecule has 1 aromatic carbocycles. The van der Waals surface area contributed by atoms with Crippen molar-refractivity contribution in [1.82, 2.24) is 0 Å². The molecule has 0 spiro atoms. The van der Waals surface area contributed by atoms with Crippen molar-refractivity contribution >= 4 is 5.71 Å². The van der Waals surface area contributed by atoms with Crippen molar-refractivity contribution in [3.63, 3.8) is 0 Å². The Morgan fingerprint density at radius 3 is 2.38 bits per heavy atom.